The maximum Gasteiger partial charge on any atom is 0.144 e. The highest BCUT2D eigenvalue weighted by molar-refractivity contribution is 5.74. The molecular weight excluding hydrogens is 264 g/mol. The van der Waals surface area contributed by atoms with Gasteiger partial charge in [-0.3, -0.25) is 0 Å². The molecule has 0 radical (unpaired) electrons. The predicted molar refractivity (Wildman–Crippen MR) is 84.5 cm³/mol. The van der Waals surface area contributed by atoms with Gasteiger partial charge in [0.15, 0.2) is 0 Å². The molecule has 0 spiro atoms. The zero-order valence-corrected chi connectivity index (χ0v) is 12.6. The van der Waals surface area contributed by atoms with Crippen molar-refractivity contribution in [3.05, 3.63) is 42.4 Å². The molecule has 2 aromatic rings. The number of nitrogens with two attached hydrogens (primary N) is 1. The van der Waals surface area contributed by atoms with Crippen molar-refractivity contribution < 1.29 is 9.15 Å². The molecule has 2 N–H and O–H groups in total. The van der Waals surface area contributed by atoms with Crippen LogP contribution in [0.2, 0.25) is 0 Å². The fraction of sp³-hybridized carbons (Fsp3) is 0.412. The summed E-state index contributed by atoms with van der Waals surface area (Å²) in [5, 5.41) is 0. The van der Waals surface area contributed by atoms with Crippen molar-refractivity contribution >= 4 is 11.4 Å². The van der Waals surface area contributed by atoms with Crippen molar-refractivity contribution in [2.45, 2.75) is 45.4 Å². The Bertz CT molecular complexity index is 589. The molecule has 4 nitrogen and oxygen atoms in total. The van der Waals surface area contributed by atoms with Crippen molar-refractivity contribution in [3.63, 3.8) is 0 Å². The van der Waals surface area contributed by atoms with E-state index in [0.717, 1.165) is 23.7 Å². The molecule has 0 amide bonds. The van der Waals surface area contributed by atoms with Crippen LogP contribution in [-0.2, 0) is 6.54 Å². The molecule has 0 aliphatic heterocycles. The van der Waals surface area contributed by atoms with Crippen LogP contribution in [-0.4, -0.2) is 12.1 Å². The number of rotatable bonds is 6. The minimum Gasteiger partial charge on any atom is -0.489 e. The molecule has 1 heterocycles. The predicted octanol–water partition coefficient (Wildman–Crippen LogP) is 3.82. The Hall–Kier alpha value is -2.10. The average Bonchev–Trinajstić information content (AvgIpc) is 3.16. The van der Waals surface area contributed by atoms with Crippen molar-refractivity contribution in [2.24, 2.45) is 0 Å². The summed E-state index contributed by atoms with van der Waals surface area (Å²) in [5.41, 5.74) is 8.08. The van der Waals surface area contributed by atoms with Crippen LogP contribution in [0.1, 0.15) is 32.4 Å². The zero-order valence-electron chi connectivity index (χ0n) is 12.6. The summed E-state index contributed by atoms with van der Waals surface area (Å²) in [6.07, 6.45) is 4.23. The number of nitrogen functional groups attached to an aromatic ring is 1. The van der Waals surface area contributed by atoms with Crippen LogP contribution in [0.15, 0.2) is 41.0 Å². The van der Waals surface area contributed by atoms with E-state index >= 15 is 0 Å². The molecule has 112 valence electrons. The molecule has 21 heavy (non-hydrogen) atoms. The molecule has 0 unspecified atom stereocenters. The fourth-order valence-corrected chi connectivity index (χ4v) is 2.51. The van der Waals surface area contributed by atoms with Crippen molar-refractivity contribution in [3.8, 4) is 5.75 Å². The third-order valence-electron chi connectivity index (χ3n) is 3.61. The standard InChI is InChI=1S/C17H22N2O2/c1-12(2)21-16-7-3-6-15(17(16)18)19(13-8-9-13)11-14-5-4-10-20-14/h3-7,10,12-13H,8-9,11,18H2,1-2H3. The number of anilines is 2. The monoisotopic (exact) mass is 286 g/mol. The first-order chi connectivity index (χ1) is 10.1. The lowest BCUT2D eigenvalue weighted by Gasteiger charge is -2.26. The lowest BCUT2D eigenvalue weighted by molar-refractivity contribution is 0.244. The lowest BCUT2D eigenvalue weighted by atomic mass is 10.2. The first-order valence-corrected chi connectivity index (χ1v) is 7.49. The molecule has 0 bridgehead atoms. The average molecular weight is 286 g/mol. The topological polar surface area (TPSA) is 51.6 Å². The van der Waals surface area contributed by atoms with Gasteiger partial charge in [-0.2, -0.15) is 0 Å². The van der Waals surface area contributed by atoms with Crippen LogP contribution in [0.3, 0.4) is 0 Å². The van der Waals surface area contributed by atoms with E-state index in [2.05, 4.69) is 11.0 Å². The molecule has 4 heteroatoms. The number of furan rings is 1. The second kappa shape index (κ2) is 5.72. The minimum atomic E-state index is 0.113. The fourth-order valence-electron chi connectivity index (χ4n) is 2.51. The maximum atomic E-state index is 6.33. The summed E-state index contributed by atoms with van der Waals surface area (Å²) in [5.74, 6) is 1.71. The van der Waals surface area contributed by atoms with Crippen LogP contribution in [0.5, 0.6) is 5.75 Å². The van der Waals surface area contributed by atoms with Crippen LogP contribution in [0.25, 0.3) is 0 Å². The first kappa shape index (κ1) is 13.9. The minimum absolute atomic E-state index is 0.113. The number of hydrogen-bond acceptors (Lipinski definition) is 4. The van der Waals surface area contributed by atoms with E-state index in [-0.39, 0.29) is 6.10 Å². The van der Waals surface area contributed by atoms with Gasteiger partial charge in [0.1, 0.15) is 11.5 Å². The molecule has 1 aromatic heterocycles. The van der Waals surface area contributed by atoms with Crippen molar-refractivity contribution in [2.75, 3.05) is 10.6 Å². The van der Waals surface area contributed by atoms with Crippen LogP contribution < -0.4 is 15.4 Å². The Morgan fingerprint density at radius 3 is 2.71 bits per heavy atom. The summed E-state index contributed by atoms with van der Waals surface area (Å²) >= 11 is 0. The Labute approximate surface area is 125 Å². The van der Waals surface area contributed by atoms with Crippen molar-refractivity contribution in [1.82, 2.24) is 0 Å². The Morgan fingerprint density at radius 1 is 1.29 bits per heavy atom. The van der Waals surface area contributed by atoms with Gasteiger partial charge >= 0.3 is 0 Å². The quantitative estimate of drug-likeness (QED) is 0.820. The Balaban J connectivity index is 1.88. The first-order valence-electron chi connectivity index (χ1n) is 7.49. The van der Waals surface area contributed by atoms with Gasteiger partial charge in [0.25, 0.3) is 0 Å². The van der Waals surface area contributed by atoms with Gasteiger partial charge in [0.2, 0.25) is 0 Å². The van der Waals surface area contributed by atoms with Gasteiger partial charge in [0.05, 0.1) is 30.3 Å². The molecule has 1 aliphatic rings. The van der Waals surface area contributed by atoms with Crippen LogP contribution in [0, 0.1) is 0 Å². The molecule has 1 saturated carbocycles. The summed E-state index contributed by atoms with van der Waals surface area (Å²) in [6, 6.07) is 10.5. The van der Waals surface area contributed by atoms with Crippen molar-refractivity contribution in [1.29, 1.82) is 0 Å². The zero-order chi connectivity index (χ0) is 14.8. The van der Waals surface area contributed by atoms with Gasteiger partial charge in [-0.15, -0.1) is 0 Å². The highest BCUT2D eigenvalue weighted by atomic mass is 16.5. The maximum absolute atomic E-state index is 6.33. The van der Waals surface area contributed by atoms with Gasteiger partial charge < -0.3 is 19.8 Å². The van der Waals surface area contributed by atoms with Gasteiger partial charge in [-0.05, 0) is 51.0 Å². The lowest BCUT2D eigenvalue weighted by Crippen LogP contribution is -2.26. The Morgan fingerprint density at radius 2 is 2.10 bits per heavy atom. The third kappa shape index (κ3) is 3.15. The molecule has 1 aliphatic carbocycles. The summed E-state index contributed by atoms with van der Waals surface area (Å²) < 4.78 is 11.3. The van der Waals surface area contributed by atoms with E-state index in [9.17, 15) is 0 Å². The summed E-state index contributed by atoms with van der Waals surface area (Å²) in [4.78, 5) is 2.32. The second-order valence-electron chi connectivity index (χ2n) is 5.79. The molecule has 3 rings (SSSR count). The van der Waals surface area contributed by atoms with Crippen LogP contribution >= 0.6 is 0 Å². The second-order valence-corrected chi connectivity index (χ2v) is 5.79. The largest absolute Gasteiger partial charge is 0.489 e. The summed E-state index contributed by atoms with van der Waals surface area (Å²) in [7, 11) is 0. The van der Waals surface area contributed by atoms with Gasteiger partial charge in [0, 0.05) is 6.04 Å². The van der Waals surface area contributed by atoms with E-state index in [1.54, 1.807) is 6.26 Å². The van der Waals surface area contributed by atoms with E-state index < -0.39 is 0 Å². The number of ether oxygens (including phenoxy) is 1. The number of hydrogen-bond donors (Lipinski definition) is 1. The molecule has 1 aromatic carbocycles. The highest BCUT2D eigenvalue weighted by Crippen LogP contribution is 2.39. The third-order valence-corrected chi connectivity index (χ3v) is 3.61. The van der Waals surface area contributed by atoms with E-state index in [1.165, 1.54) is 12.8 Å². The molecule has 0 saturated heterocycles. The molecule has 0 atom stereocenters. The van der Waals surface area contributed by atoms with E-state index in [4.69, 9.17) is 14.9 Å². The number of para-hydroxylation sites is 1. The molecular formula is C17H22N2O2. The SMILES string of the molecule is CC(C)Oc1cccc(N(Cc2ccco2)C2CC2)c1N. The number of nitrogens with zero attached hydrogens (tertiary/aromatic N) is 1. The smallest absolute Gasteiger partial charge is 0.144 e. The Kier molecular flexibility index (Phi) is 3.78. The highest BCUT2D eigenvalue weighted by Gasteiger charge is 2.31. The van der Waals surface area contributed by atoms with Crippen LogP contribution in [0.4, 0.5) is 11.4 Å². The molecule has 1 fully saturated rings. The van der Waals surface area contributed by atoms with Gasteiger partial charge in [-0.1, -0.05) is 6.07 Å². The van der Waals surface area contributed by atoms with Gasteiger partial charge in [-0.25, -0.2) is 0 Å². The normalized spacial score (nSPS) is 14.4. The number of benzene rings is 1. The summed E-state index contributed by atoms with van der Waals surface area (Å²) in [6.45, 7) is 4.76. The van der Waals surface area contributed by atoms with E-state index in [0.29, 0.717) is 11.7 Å². The van der Waals surface area contributed by atoms with E-state index in [1.807, 2.05) is 38.1 Å².